The van der Waals surface area contributed by atoms with Crippen molar-refractivity contribution >= 4 is 31.9 Å². The summed E-state index contributed by atoms with van der Waals surface area (Å²) < 4.78 is 1.08. The summed E-state index contributed by atoms with van der Waals surface area (Å²) in [7, 11) is 0. The third kappa shape index (κ3) is 8.70. The van der Waals surface area contributed by atoms with Gasteiger partial charge in [-0.1, -0.05) is 32.3 Å². The molecule has 0 aromatic carbocycles. The summed E-state index contributed by atoms with van der Waals surface area (Å²) in [5.41, 5.74) is 0. The molecule has 0 aliphatic rings. The highest BCUT2D eigenvalue weighted by molar-refractivity contribution is 9.28. The molecule has 0 aromatic rings. The van der Waals surface area contributed by atoms with Crippen molar-refractivity contribution in [2.75, 3.05) is 0 Å². The zero-order valence-corrected chi connectivity index (χ0v) is 9.54. The van der Waals surface area contributed by atoms with Crippen LogP contribution in [0.5, 0.6) is 0 Å². The van der Waals surface area contributed by atoms with Crippen molar-refractivity contribution in [3.05, 3.63) is 9.47 Å². The average molecular weight is 270 g/mol. The van der Waals surface area contributed by atoms with E-state index in [9.17, 15) is 0 Å². The lowest BCUT2D eigenvalue weighted by Gasteiger charge is -1.93. The fraction of sp³-hybridized carbons (Fsp3) is 0.750. The fourth-order valence-electron chi connectivity index (χ4n) is 0.782. The van der Waals surface area contributed by atoms with Crippen LogP contribution in [0.2, 0.25) is 0 Å². The predicted octanol–water partition coefficient (Wildman–Crippen LogP) is 4.59. The summed E-state index contributed by atoms with van der Waals surface area (Å²) in [6, 6.07) is 0. The maximum Gasteiger partial charge on any atom is 0.0564 e. The van der Waals surface area contributed by atoms with Crippen LogP contribution in [-0.4, -0.2) is 0 Å². The largest absolute Gasteiger partial charge is 0.0654 e. The molecule has 0 fully saturated rings. The molecule has 2 heteroatoms. The highest BCUT2D eigenvalue weighted by Crippen LogP contribution is 2.15. The van der Waals surface area contributed by atoms with Crippen molar-refractivity contribution < 1.29 is 0 Å². The molecule has 0 aromatic heterocycles. The Bertz CT molecular complexity index is 93.4. The van der Waals surface area contributed by atoms with Gasteiger partial charge in [-0.15, -0.1) is 0 Å². The smallest absolute Gasteiger partial charge is 0.0564 e. The van der Waals surface area contributed by atoms with Crippen molar-refractivity contribution in [1.82, 2.24) is 0 Å². The van der Waals surface area contributed by atoms with Crippen LogP contribution in [0, 0.1) is 0 Å². The normalized spacial score (nSPS) is 9.50. The van der Waals surface area contributed by atoms with Crippen molar-refractivity contribution in [1.29, 1.82) is 0 Å². The minimum Gasteiger partial charge on any atom is -0.0654 e. The SMILES string of the molecule is CCCCCCC=C(Br)Br. The molecule has 0 radical (unpaired) electrons. The standard InChI is InChI=1S/C8H14Br2/c1-2-3-4-5-6-7-8(9)10/h7H,2-6H2,1H3. The fourth-order valence-corrected chi connectivity index (χ4v) is 1.24. The van der Waals surface area contributed by atoms with Gasteiger partial charge in [-0.3, -0.25) is 0 Å². The first-order chi connectivity index (χ1) is 4.77. The van der Waals surface area contributed by atoms with Crippen LogP contribution in [0.15, 0.2) is 9.47 Å². The molecular weight excluding hydrogens is 256 g/mol. The first-order valence-electron chi connectivity index (χ1n) is 3.78. The molecule has 0 aliphatic carbocycles. The van der Waals surface area contributed by atoms with E-state index in [1.54, 1.807) is 0 Å². The predicted molar refractivity (Wildman–Crippen MR) is 54.7 cm³/mol. The number of hydrogen-bond acceptors (Lipinski definition) is 0. The summed E-state index contributed by atoms with van der Waals surface area (Å²) in [6.07, 6.45) is 8.71. The molecule has 0 heterocycles. The molecule has 0 unspecified atom stereocenters. The Labute approximate surface area is 80.3 Å². The quantitative estimate of drug-likeness (QED) is 0.641. The third-order valence-electron chi connectivity index (χ3n) is 1.36. The van der Waals surface area contributed by atoms with Crippen molar-refractivity contribution in [3.63, 3.8) is 0 Å². The lowest BCUT2D eigenvalue weighted by molar-refractivity contribution is 0.674. The third-order valence-corrected chi connectivity index (χ3v) is 2.00. The van der Waals surface area contributed by atoms with Crippen LogP contribution >= 0.6 is 31.9 Å². The van der Waals surface area contributed by atoms with Gasteiger partial charge in [0.25, 0.3) is 0 Å². The van der Waals surface area contributed by atoms with E-state index < -0.39 is 0 Å². The van der Waals surface area contributed by atoms with Crippen LogP contribution in [-0.2, 0) is 0 Å². The van der Waals surface area contributed by atoms with E-state index in [2.05, 4.69) is 44.9 Å². The molecule has 0 rings (SSSR count). The van der Waals surface area contributed by atoms with Gasteiger partial charge in [-0.2, -0.15) is 0 Å². The number of halogens is 2. The van der Waals surface area contributed by atoms with Gasteiger partial charge in [-0.25, -0.2) is 0 Å². The van der Waals surface area contributed by atoms with E-state index in [1.807, 2.05) is 0 Å². The molecule has 0 saturated heterocycles. The van der Waals surface area contributed by atoms with Crippen molar-refractivity contribution in [2.24, 2.45) is 0 Å². The van der Waals surface area contributed by atoms with E-state index in [1.165, 1.54) is 32.1 Å². The maximum atomic E-state index is 3.32. The number of rotatable bonds is 5. The van der Waals surface area contributed by atoms with E-state index in [0.717, 1.165) is 3.39 Å². The highest BCUT2D eigenvalue weighted by atomic mass is 79.9. The molecule has 0 bridgehead atoms. The van der Waals surface area contributed by atoms with Crippen LogP contribution < -0.4 is 0 Å². The molecule has 0 spiro atoms. The summed E-state index contributed by atoms with van der Waals surface area (Å²) in [4.78, 5) is 0. The topological polar surface area (TPSA) is 0 Å². The Morgan fingerprint density at radius 2 is 1.90 bits per heavy atom. The van der Waals surface area contributed by atoms with E-state index in [-0.39, 0.29) is 0 Å². The van der Waals surface area contributed by atoms with E-state index in [4.69, 9.17) is 0 Å². The Kier molecular flexibility index (Phi) is 8.35. The summed E-state index contributed by atoms with van der Waals surface area (Å²) >= 11 is 6.64. The van der Waals surface area contributed by atoms with Gasteiger partial charge in [0.15, 0.2) is 0 Å². The minimum absolute atomic E-state index is 1.08. The molecular formula is C8H14Br2. The monoisotopic (exact) mass is 268 g/mol. The second kappa shape index (κ2) is 7.80. The molecule has 60 valence electrons. The van der Waals surface area contributed by atoms with Gasteiger partial charge < -0.3 is 0 Å². The Morgan fingerprint density at radius 1 is 1.20 bits per heavy atom. The lowest BCUT2D eigenvalue weighted by Crippen LogP contribution is -1.73. The van der Waals surface area contributed by atoms with Crippen molar-refractivity contribution in [2.45, 2.75) is 39.0 Å². The zero-order chi connectivity index (χ0) is 7.82. The summed E-state index contributed by atoms with van der Waals surface area (Å²) in [5, 5.41) is 0. The molecule has 0 aliphatic heterocycles. The van der Waals surface area contributed by atoms with Crippen LogP contribution in [0.4, 0.5) is 0 Å². The van der Waals surface area contributed by atoms with Gasteiger partial charge in [0.1, 0.15) is 0 Å². The first-order valence-corrected chi connectivity index (χ1v) is 5.37. The Hall–Kier alpha value is 0.700. The van der Waals surface area contributed by atoms with Gasteiger partial charge >= 0.3 is 0 Å². The van der Waals surface area contributed by atoms with Crippen molar-refractivity contribution in [3.8, 4) is 0 Å². The molecule has 0 nitrogen and oxygen atoms in total. The van der Waals surface area contributed by atoms with Crippen LogP contribution in [0.3, 0.4) is 0 Å². The Balaban J connectivity index is 2.98. The zero-order valence-electron chi connectivity index (χ0n) is 6.37. The maximum absolute atomic E-state index is 3.32. The first kappa shape index (κ1) is 10.7. The average Bonchev–Trinajstić information content (AvgIpc) is 1.87. The van der Waals surface area contributed by atoms with E-state index in [0.29, 0.717) is 0 Å². The van der Waals surface area contributed by atoms with Gasteiger partial charge in [0.2, 0.25) is 0 Å². The molecule has 0 saturated carbocycles. The van der Waals surface area contributed by atoms with E-state index >= 15 is 0 Å². The van der Waals surface area contributed by atoms with Gasteiger partial charge in [0.05, 0.1) is 3.39 Å². The Morgan fingerprint density at radius 3 is 2.40 bits per heavy atom. The molecule has 10 heavy (non-hydrogen) atoms. The number of unbranched alkanes of at least 4 members (excludes halogenated alkanes) is 4. The summed E-state index contributed by atoms with van der Waals surface area (Å²) in [6.45, 7) is 2.23. The molecule has 0 N–H and O–H groups in total. The van der Waals surface area contributed by atoms with Crippen LogP contribution in [0.1, 0.15) is 39.0 Å². The van der Waals surface area contributed by atoms with Gasteiger partial charge in [0, 0.05) is 0 Å². The molecule has 0 amide bonds. The summed E-state index contributed by atoms with van der Waals surface area (Å²) in [5.74, 6) is 0. The highest BCUT2D eigenvalue weighted by Gasteiger charge is 1.85. The lowest BCUT2D eigenvalue weighted by atomic mass is 10.2. The minimum atomic E-state index is 1.08. The second-order valence-corrected chi connectivity index (χ2v) is 5.12. The van der Waals surface area contributed by atoms with Gasteiger partial charge in [-0.05, 0) is 44.7 Å². The van der Waals surface area contributed by atoms with Crippen LogP contribution in [0.25, 0.3) is 0 Å². The second-order valence-electron chi connectivity index (χ2n) is 2.34. The molecule has 0 atom stereocenters. The number of allylic oxidation sites excluding steroid dienone is 1. The number of hydrogen-bond donors (Lipinski definition) is 0.